The van der Waals surface area contributed by atoms with Crippen molar-refractivity contribution in [2.75, 3.05) is 24.3 Å². The number of anilines is 2. The van der Waals surface area contributed by atoms with Crippen LogP contribution in [0.4, 0.5) is 11.8 Å². The molecule has 4 rings (SSSR count). The van der Waals surface area contributed by atoms with Gasteiger partial charge in [0.1, 0.15) is 16.0 Å². The molecule has 1 fully saturated rings. The third-order valence-corrected chi connectivity index (χ3v) is 5.89. The summed E-state index contributed by atoms with van der Waals surface area (Å²) in [6.45, 7) is 0. The number of nitrogens with one attached hydrogen (secondary N) is 1. The van der Waals surface area contributed by atoms with Crippen LogP contribution in [-0.4, -0.2) is 46.3 Å². The second-order valence-corrected chi connectivity index (χ2v) is 8.06. The molecule has 2 N–H and O–H groups in total. The van der Waals surface area contributed by atoms with Gasteiger partial charge in [0.25, 0.3) is 0 Å². The van der Waals surface area contributed by atoms with Gasteiger partial charge in [-0.05, 0) is 31.4 Å². The van der Waals surface area contributed by atoms with E-state index in [1.807, 2.05) is 43.3 Å². The van der Waals surface area contributed by atoms with E-state index in [2.05, 4.69) is 15.3 Å². The number of thiazole rings is 1. The zero-order valence-electron chi connectivity index (χ0n) is 14.6. The maximum Gasteiger partial charge on any atom is 0.228 e. The average Bonchev–Trinajstić information content (AvgIpc) is 3.20. The fourth-order valence-corrected chi connectivity index (χ4v) is 4.50. The van der Waals surface area contributed by atoms with Gasteiger partial charge in [-0.1, -0.05) is 23.7 Å². The zero-order chi connectivity index (χ0) is 18.3. The van der Waals surface area contributed by atoms with E-state index >= 15 is 0 Å². The summed E-state index contributed by atoms with van der Waals surface area (Å²) in [6, 6.07) is 7.93. The van der Waals surface area contributed by atoms with E-state index in [4.69, 9.17) is 16.6 Å². The summed E-state index contributed by atoms with van der Waals surface area (Å²) in [4.78, 5) is 15.6. The second-order valence-electron chi connectivity index (χ2n) is 6.67. The van der Waals surface area contributed by atoms with Crippen LogP contribution in [0.15, 0.2) is 24.3 Å². The second kappa shape index (κ2) is 6.98. The molecule has 0 aliphatic heterocycles. The molecule has 1 saturated carbocycles. The van der Waals surface area contributed by atoms with Gasteiger partial charge in [0.05, 0.1) is 27.9 Å². The van der Waals surface area contributed by atoms with Gasteiger partial charge in [-0.3, -0.25) is 0 Å². The number of fused-ring (bicyclic) bond motifs is 1. The Bertz CT molecular complexity index is 911. The van der Waals surface area contributed by atoms with Crippen LogP contribution in [0.2, 0.25) is 5.15 Å². The highest BCUT2D eigenvalue weighted by molar-refractivity contribution is 7.21. The van der Waals surface area contributed by atoms with Gasteiger partial charge in [-0.25, -0.2) is 9.97 Å². The Morgan fingerprint density at radius 1 is 1.19 bits per heavy atom. The first-order valence-electron chi connectivity index (χ1n) is 8.58. The Labute approximate surface area is 160 Å². The van der Waals surface area contributed by atoms with E-state index in [0.717, 1.165) is 34.5 Å². The molecule has 0 bridgehead atoms. The van der Waals surface area contributed by atoms with Crippen molar-refractivity contribution in [2.45, 2.75) is 31.4 Å². The van der Waals surface area contributed by atoms with Crippen molar-refractivity contribution in [1.29, 1.82) is 0 Å². The fraction of sp³-hybridized carbons (Fsp3) is 0.389. The lowest BCUT2D eigenvalue weighted by Crippen LogP contribution is -2.29. The van der Waals surface area contributed by atoms with Crippen LogP contribution < -0.4 is 10.2 Å². The molecule has 0 spiro atoms. The Kier molecular flexibility index (Phi) is 4.69. The molecule has 0 unspecified atom stereocenters. The zero-order valence-corrected chi connectivity index (χ0v) is 16.2. The third-order valence-electron chi connectivity index (χ3n) is 4.56. The third kappa shape index (κ3) is 3.22. The molecule has 2 aromatic heterocycles. The molecular weight excluding hydrogens is 370 g/mol. The lowest BCUT2D eigenvalue weighted by molar-refractivity contribution is 0.171. The Hall–Kier alpha value is -1.96. The van der Waals surface area contributed by atoms with E-state index in [-0.39, 0.29) is 12.1 Å². The number of rotatable bonds is 4. The standard InChI is InChI=1S/C18H20ClN5OS/c1-24(2)18-22-15(19)14(16(23-18)20-10-7-5-8-12(10)25)17-21-11-6-3-4-9-13(11)26-17/h3-4,6,9-10,12,25H,5,7-8H2,1-2H3,(H,20,22,23)/t10-,12-/m1/s1. The van der Waals surface area contributed by atoms with E-state index < -0.39 is 0 Å². The largest absolute Gasteiger partial charge is 0.391 e. The number of benzene rings is 1. The molecule has 2 heterocycles. The SMILES string of the molecule is CN(C)c1nc(Cl)c(-c2nc3ccccc3s2)c(N[C@@H]2CCC[C@H]2O)n1. The van der Waals surface area contributed by atoms with E-state index in [1.54, 1.807) is 11.3 Å². The molecule has 0 radical (unpaired) electrons. The minimum Gasteiger partial charge on any atom is -0.391 e. The summed E-state index contributed by atoms with van der Waals surface area (Å²) in [5, 5.41) is 14.7. The average molecular weight is 390 g/mol. The normalized spacial score (nSPS) is 19.8. The van der Waals surface area contributed by atoms with Crippen LogP contribution in [0.3, 0.4) is 0 Å². The molecule has 1 aliphatic carbocycles. The predicted octanol–water partition coefficient (Wildman–Crippen LogP) is 3.80. The van der Waals surface area contributed by atoms with Crippen molar-refractivity contribution < 1.29 is 5.11 Å². The van der Waals surface area contributed by atoms with E-state index in [1.165, 1.54) is 0 Å². The van der Waals surface area contributed by atoms with Crippen molar-refractivity contribution >= 4 is 44.9 Å². The number of aliphatic hydroxyl groups excluding tert-OH is 1. The first-order valence-corrected chi connectivity index (χ1v) is 9.78. The topological polar surface area (TPSA) is 74.2 Å². The number of aromatic nitrogens is 3. The number of halogens is 1. The van der Waals surface area contributed by atoms with Crippen LogP contribution in [0.1, 0.15) is 19.3 Å². The number of hydrogen-bond acceptors (Lipinski definition) is 7. The first kappa shape index (κ1) is 17.5. The van der Waals surface area contributed by atoms with Crippen molar-refractivity contribution in [3.05, 3.63) is 29.4 Å². The van der Waals surface area contributed by atoms with Gasteiger partial charge in [0.15, 0.2) is 0 Å². The molecular formula is C18H20ClN5OS. The molecule has 136 valence electrons. The van der Waals surface area contributed by atoms with Crippen molar-refractivity contribution in [2.24, 2.45) is 0 Å². The molecule has 6 nitrogen and oxygen atoms in total. The lowest BCUT2D eigenvalue weighted by atomic mass is 10.2. The molecule has 0 saturated heterocycles. The maximum atomic E-state index is 10.2. The Morgan fingerprint density at radius 2 is 2.00 bits per heavy atom. The quantitative estimate of drug-likeness (QED) is 0.661. The number of nitrogens with zero attached hydrogens (tertiary/aromatic N) is 4. The summed E-state index contributed by atoms with van der Waals surface area (Å²) in [7, 11) is 3.74. The van der Waals surface area contributed by atoms with Crippen molar-refractivity contribution in [3.8, 4) is 10.6 Å². The van der Waals surface area contributed by atoms with Crippen LogP contribution in [0.25, 0.3) is 20.8 Å². The molecule has 1 aliphatic rings. The van der Waals surface area contributed by atoms with Crippen LogP contribution in [0.5, 0.6) is 0 Å². The molecule has 3 aromatic rings. The summed E-state index contributed by atoms with van der Waals surface area (Å²) in [6.07, 6.45) is 2.32. The number of para-hydroxylation sites is 1. The van der Waals surface area contributed by atoms with Crippen LogP contribution in [0, 0.1) is 0 Å². The molecule has 26 heavy (non-hydrogen) atoms. The highest BCUT2D eigenvalue weighted by Gasteiger charge is 2.28. The van der Waals surface area contributed by atoms with Gasteiger partial charge < -0.3 is 15.3 Å². The molecule has 1 aromatic carbocycles. The minimum absolute atomic E-state index is 0.0379. The summed E-state index contributed by atoms with van der Waals surface area (Å²) < 4.78 is 1.09. The van der Waals surface area contributed by atoms with Gasteiger partial charge in [0, 0.05) is 14.1 Å². The summed E-state index contributed by atoms with van der Waals surface area (Å²) in [5.41, 5.74) is 1.62. The van der Waals surface area contributed by atoms with Crippen LogP contribution >= 0.6 is 22.9 Å². The van der Waals surface area contributed by atoms with Crippen molar-refractivity contribution in [1.82, 2.24) is 15.0 Å². The van der Waals surface area contributed by atoms with Gasteiger partial charge in [-0.15, -0.1) is 11.3 Å². The highest BCUT2D eigenvalue weighted by Crippen LogP contribution is 2.39. The van der Waals surface area contributed by atoms with Crippen molar-refractivity contribution in [3.63, 3.8) is 0 Å². The molecule has 2 atom stereocenters. The molecule has 8 heteroatoms. The monoisotopic (exact) mass is 389 g/mol. The fourth-order valence-electron chi connectivity index (χ4n) is 3.18. The Morgan fingerprint density at radius 3 is 2.69 bits per heavy atom. The highest BCUT2D eigenvalue weighted by atomic mass is 35.5. The maximum absolute atomic E-state index is 10.2. The van der Waals surface area contributed by atoms with E-state index in [0.29, 0.717) is 22.5 Å². The minimum atomic E-state index is -0.380. The Balaban J connectivity index is 1.83. The van der Waals surface area contributed by atoms with Gasteiger partial charge in [0.2, 0.25) is 5.95 Å². The number of hydrogen-bond donors (Lipinski definition) is 2. The van der Waals surface area contributed by atoms with Gasteiger partial charge in [-0.2, -0.15) is 4.98 Å². The summed E-state index contributed by atoms with van der Waals surface area (Å²) in [5.74, 6) is 1.15. The van der Waals surface area contributed by atoms with Gasteiger partial charge >= 0.3 is 0 Å². The smallest absolute Gasteiger partial charge is 0.228 e. The molecule has 0 amide bonds. The van der Waals surface area contributed by atoms with Crippen LogP contribution in [-0.2, 0) is 0 Å². The summed E-state index contributed by atoms with van der Waals surface area (Å²) >= 11 is 8.11. The first-order chi connectivity index (χ1) is 12.5. The number of aliphatic hydroxyl groups is 1. The predicted molar refractivity (Wildman–Crippen MR) is 107 cm³/mol. The lowest BCUT2D eigenvalue weighted by Gasteiger charge is -2.21. The van der Waals surface area contributed by atoms with E-state index in [9.17, 15) is 5.11 Å².